The highest BCUT2D eigenvalue weighted by molar-refractivity contribution is 5.95. The van der Waals surface area contributed by atoms with Crippen LogP contribution < -0.4 is 4.74 Å². The van der Waals surface area contributed by atoms with E-state index in [1.807, 2.05) is 48.5 Å². The van der Waals surface area contributed by atoms with E-state index in [1.54, 1.807) is 0 Å². The summed E-state index contributed by atoms with van der Waals surface area (Å²) in [6, 6.07) is 20.5. The lowest BCUT2D eigenvalue weighted by atomic mass is 9.96. The van der Waals surface area contributed by atoms with Crippen LogP contribution >= 0.6 is 0 Å². The zero-order valence-corrected chi connectivity index (χ0v) is 12.2. The van der Waals surface area contributed by atoms with E-state index >= 15 is 0 Å². The number of hydrogen-bond donors (Lipinski definition) is 0. The quantitative estimate of drug-likeness (QED) is 0.581. The van der Waals surface area contributed by atoms with Crippen molar-refractivity contribution in [3.63, 3.8) is 0 Å². The Bertz CT molecular complexity index is 571. The van der Waals surface area contributed by atoms with Crippen molar-refractivity contribution in [1.29, 1.82) is 0 Å². The third-order valence-corrected chi connectivity index (χ3v) is 3.85. The molecule has 0 radical (unpaired) electrons. The predicted octanol–water partition coefficient (Wildman–Crippen LogP) is 4.84. The van der Waals surface area contributed by atoms with E-state index in [-0.39, 0.29) is 0 Å². The normalized spacial score (nSPS) is 16.7. The molecule has 2 nitrogen and oxygen atoms in total. The van der Waals surface area contributed by atoms with E-state index in [0.717, 1.165) is 17.2 Å². The van der Waals surface area contributed by atoms with Crippen LogP contribution in [0.3, 0.4) is 0 Å². The monoisotopic (exact) mass is 279 g/mol. The number of para-hydroxylation sites is 1. The second-order valence-electron chi connectivity index (χ2n) is 5.51. The fourth-order valence-electron chi connectivity index (χ4n) is 2.72. The van der Waals surface area contributed by atoms with Gasteiger partial charge in [0, 0.05) is 5.56 Å². The summed E-state index contributed by atoms with van der Waals surface area (Å²) in [6.45, 7) is 0. The van der Waals surface area contributed by atoms with Crippen LogP contribution in [0.25, 0.3) is 0 Å². The Morgan fingerprint density at radius 1 is 0.810 bits per heavy atom. The maximum Gasteiger partial charge on any atom is 0.222 e. The maximum absolute atomic E-state index is 6.05. The molecule has 1 fully saturated rings. The van der Waals surface area contributed by atoms with Crippen molar-refractivity contribution in [2.45, 2.75) is 38.1 Å². The largest absolute Gasteiger partial charge is 0.439 e. The van der Waals surface area contributed by atoms with E-state index in [0.29, 0.717) is 6.04 Å². The van der Waals surface area contributed by atoms with Crippen molar-refractivity contribution in [1.82, 2.24) is 0 Å². The average Bonchev–Trinajstić information content (AvgIpc) is 2.57. The number of benzene rings is 2. The molecule has 3 rings (SSSR count). The molecule has 1 aliphatic carbocycles. The average molecular weight is 279 g/mol. The van der Waals surface area contributed by atoms with Crippen LogP contribution in [0.2, 0.25) is 0 Å². The summed E-state index contributed by atoms with van der Waals surface area (Å²) in [7, 11) is 0. The summed E-state index contributed by atoms with van der Waals surface area (Å²) in [5, 5.41) is 0. The molecule has 2 aromatic carbocycles. The smallest absolute Gasteiger partial charge is 0.222 e. The number of ether oxygens (including phenoxy) is 1. The van der Waals surface area contributed by atoms with E-state index < -0.39 is 0 Å². The third-order valence-electron chi connectivity index (χ3n) is 3.85. The molecule has 0 heterocycles. The lowest BCUT2D eigenvalue weighted by Crippen LogP contribution is -2.17. The molecule has 1 aliphatic rings. The first-order valence-corrected chi connectivity index (χ1v) is 7.78. The highest BCUT2D eigenvalue weighted by Gasteiger charge is 2.15. The molecule has 2 aromatic rings. The zero-order valence-electron chi connectivity index (χ0n) is 12.2. The summed E-state index contributed by atoms with van der Waals surface area (Å²) in [4.78, 5) is 4.90. The molecule has 0 unspecified atom stereocenters. The zero-order chi connectivity index (χ0) is 14.3. The van der Waals surface area contributed by atoms with Crippen molar-refractivity contribution < 1.29 is 4.74 Å². The van der Waals surface area contributed by atoms with Gasteiger partial charge in [-0.25, -0.2) is 4.99 Å². The van der Waals surface area contributed by atoms with Crippen LogP contribution in [0.5, 0.6) is 5.75 Å². The van der Waals surface area contributed by atoms with Gasteiger partial charge in [-0.3, -0.25) is 0 Å². The standard InChI is InChI=1S/C19H21NO/c1-4-10-16(11-5-1)19(20-17-12-6-2-7-13-17)21-18-14-8-3-9-15-18/h1,3-5,8-11,14-15,17H,2,6-7,12-13H2. The van der Waals surface area contributed by atoms with E-state index in [2.05, 4.69) is 12.1 Å². The van der Waals surface area contributed by atoms with Gasteiger partial charge in [0.1, 0.15) is 5.75 Å². The molecule has 0 aliphatic heterocycles. The Labute approximate surface area is 126 Å². The molecule has 0 spiro atoms. The fourth-order valence-corrected chi connectivity index (χ4v) is 2.72. The van der Waals surface area contributed by atoms with Crippen LogP contribution in [-0.4, -0.2) is 11.9 Å². The van der Waals surface area contributed by atoms with Gasteiger partial charge < -0.3 is 4.74 Å². The minimum atomic E-state index is 0.401. The number of aliphatic imine (C=N–C) groups is 1. The molecule has 2 heteroatoms. The van der Waals surface area contributed by atoms with E-state index in [1.165, 1.54) is 32.1 Å². The van der Waals surface area contributed by atoms with Crippen LogP contribution in [-0.2, 0) is 0 Å². The Kier molecular flexibility index (Phi) is 4.67. The predicted molar refractivity (Wildman–Crippen MR) is 86.9 cm³/mol. The van der Waals surface area contributed by atoms with Crippen molar-refractivity contribution in [2.75, 3.05) is 0 Å². The molecule has 0 amide bonds. The first kappa shape index (κ1) is 13.9. The van der Waals surface area contributed by atoms with Gasteiger partial charge in [-0.1, -0.05) is 55.7 Å². The summed E-state index contributed by atoms with van der Waals surface area (Å²) < 4.78 is 6.05. The number of rotatable bonds is 3. The molecule has 0 bridgehead atoms. The molecule has 108 valence electrons. The molecular weight excluding hydrogens is 258 g/mol. The summed E-state index contributed by atoms with van der Waals surface area (Å²) in [6.07, 6.45) is 6.25. The third kappa shape index (κ3) is 3.94. The van der Waals surface area contributed by atoms with Gasteiger partial charge in [0.05, 0.1) is 6.04 Å². The molecular formula is C19H21NO. The highest BCUT2D eigenvalue weighted by atomic mass is 16.5. The number of nitrogens with zero attached hydrogens (tertiary/aromatic N) is 1. The van der Waals surface area contributed by atoms with Gasteiger partial charge >= 0.3 is 0 Å². The Balaban J connectivity index is 1.85. The Hall–Kier alpha value is -2.09. The Morgan fingerprint density at radius 3 is 2.10 bits per heavy atom. The molecule has 0 aromatic heterocycles. The molecule has 0 saturated heterocycles. The van der Waals surface area contributed by atoms with E-state index in [9.17, 15) is 0 Å². The van der Waals surface area contributed by atoms with E-state index in [4.69, 9.17) is 9.73 Å². The molecule has 0 N–H and O–H groups in total. The van der Waals surface area contributed by atoms with Crippen molar-refractivity contribution in [3.8, 4) is 5.75 Å². The van der Waals surface area contributed by atoms with Crippen LogP contribution in [0.1, 0.15) is 37.7 Å². The minimum Gasteiger partial charge on any atom is -0.439 e. The second-order valence-corrected chi connectivity index (χ2v) is 5.51. The van der Waals surface area contributed by atoms with Crippen LogP contribution in [0, 0.1) is 0 Å². The van der Waals surface area contributed by atoms with Crippen LogP contribution in [0.4, 0.5) is 0 Å². The van der Waals surface area contributed by atoms with Gasteiger partial charge in [-0.15, -0.1) is 0 Å². The first-order chi connectivity index (χ1) is 10.4. The van der Waals surface area contributed by atoms with Crippen LogP contribution in [0.15, 0.2) is 65.7 Å². The van der Waals surface area contributed by atoms with Gasteiger partial charge in [0.15, 0.2) is 0 Å². The molecule has 0 atom stereocenters. The minimum absolute atomic E-state index is 0.401. The first-order valence-electron chi connectivity index (χ1n) is 7.78. The Morgan fingerprint density at radius 2 is 1.43 bits per heavy atom. The van der Waals surface area contributed by atoms with Gasteiger partial charge in [0.25, 0.3) is 0 Å². The second kappa shape index (κ2) is 7.07. The fraction of sp³-hybridized carbons (Fsp3) is 0.316. The van der Waals surface area contributed by atoms with Gasteiger partial charge in [-0.05, 0) is 37.1 Å². The van der Waals surface area contributed by atoms with Crippen molar-refractivity contribution in [3.05, 3.63) is 66.2 Å². The van der Waals surface area contributed by atoms with Gasteiger partial charge in [0.2, 0.25) is 5.90 Å². The summed E-state index contributed by atoms with van der Waals surface area (Å²) >= 11 is 0. The lowest BCUT2D eigenvalue weighted by molar-refractivity contribution is 0.433. The summed E-state index contributed by atoms with van der Waals surface area (Å²) in [5.41, 5.74) is 1.05. The van der Waals surface area contributed by atoms with Gasteiger partial charge in [-0.2, -0.15) is 0 Å². The van der Waals surface area contributed by atoms with Crippen molar-refractivity contribution >= 4 is 5.90 Å². The maximum atomic E-state index is 6.05. The topological polar surface area (TPSA) is 21.6 Å². The lowest BCUT2D eigenvalue weighted by Gasteiger charge is -2.19. The SMILES string of the molecule is c1ccc(OC(=NC2CCCCC2)c2ccccc2)cc1. The summed E-state index contributed by atoms with van der Waals surface area (Å²) in [5.74, 6) is 1.59. The van der Waals surface area contributed by atoms with Crippen molar-refractivity contribution in [2.24, 2.45) is 4.99 Å². The molecule has 1 saturated carbocycles. The number of hydrogen-bond acceptors (Lipinski definition) is 2. The molecule has 21 heavy (non-hydrogen) atoms. The highest BCUT2D eigenvalue weighted by Crippen LogP contribution is 2.22.